The summed E-state index contributed by atoms with van der Waals surface area (Å²) >= 11 is 0. The van der Waals surface area contributed by atoms with Crippen LogP contribution in [0.2, 0.25) is 0 Å². The van der Waals surface area contributed by atoms with Gasteiger partial charge in [-0.1, -0.05) is 0 Å². The average molecular weight is 308 g/mol. The quantitative estimate of drug-likeness (QED) is 0.729. The maximum absolute atomic E-state index is 12.1. The summed E-state index contributed by atoms with van der Waals surface area (Å²) < 4.78 is 7.73. The minimum absolute atomic E-state index is 0.332. The van der Waals surface area contributed by atoms with Gasteiger partial charge in [-0.2, -0.15) is 4.98 Å². The Morgan fingerprint density at radius 1 is 1.23 bits per heavy atom. The van der Waals surface area contributed by atoms with E-state index in [1.54, 1.807) is 7.05 Å². The Bertz CT molecular complexity index is 783. The molecular formula is C13H20N6O3. The van der Waals surface area contributed by atoms with Crippen LogP contribution >= 0.6 is 0 Å². The highest BCUT2D eigenvalue weighted by Crippen LogP contribution is 2.08. The maximum atomic E-state index is 12.1. The van der Waals surface area contributed by atoms with Crippen LogP contribution in [0.4, 0.5) is 5.95 Å². The first-order valence-corrected chi connectivity index (χ1v) is 7.27. The standard InChI is InChI=1S/C13H20N6O3/c1-17-10-9(11(20)18(2)13(17)21)15-12(16-10)14-3-4-19-5-7-22-8-6-19/h3-8H2,1-2H3,(H2,14,15,16). The molecule has 1 aliphatic rings. The molecule has 3 heterocycles. The molecule has 0 saturated carbocycles. The molecule has 9 nitrogen and oxygen atoms in total. The number of aryl methyl sites for hydroxylation is 1. The van der Waals surface area contributed by atoms with E-state index in [1.807, 2.05) is 0 Å². The summed E-state index contributed by atoms with van der Waals surface area (Å²) in [5.41, 5.74) is -0.0591. The Morgan fingerprint density at radius 2 is 1.95 bits per heavy atom. The Morgan fingerprint density at radius 3 is 2.68 bits per heavy atom. The number of hydrogen-bond acceptors (Lipinski definition) is 6. The SMILES string of the molecule is Cn1c(=O)c2[nH]c(NCCN3CCOCC3)nc2n(C)c1=O. The molecule has 0 aliphatic carbocycles. The number of anilines is 1. The zero-order valence-corrected chi connectivity index (χ0v) is 12.8. The summed E-state index contributed by atoms with van der Waals surface area (Å²) in [6.07, 6.45) is 0. The number of morpholine rings is 1. The van der Waals surface area contributed by atoms with Crippen molar-refractivity contribution in [3.05, 3.63) is 20.8 Å². The van der Waals surface area contributed by atoms with Gasteiger partial charge in [0.2, 0.25) is 5.95 Å². The van der Waals surface area contributed by atoms with Gasteiger partial charge in [-0.05, 0) is 0 Å². The summed E-state index contributed by atoms with van der Waals surface area (Å²) in [6, 6.07) is 0. The Balaban J connectivity index is 1.75. The van der Waals surface area contributed by atoms with Gasteiger partial charge in [-0.3, -0.25) is 18.8 Å². The van der Waals surface area contributed by atoms with Crippen LogP contribution in [0.25, 0.3) is 11.2 Å². The number of ether oxygens (including phenoxy) is 1. The van der Waals surface area contributed by atoms with E-state index in [0.29, 0.717) is 23.7 Å². The Kier molecular flexibility index (Phi) is 3.99. The molecule has 0 amide bonds. The molecule has 0 aromatic carbocycles. The van der Waals surface area contributed by atoms with Crippen LogP contribution in [0.5, 0.6) is 0 Å². The van der Waals surface area contributed by atoms with Crippen LogP contribution in [0, 0.1) is 0 Å². The molecule has 22 heavy (non-hydrogen) atoms. The minimum atomic E-state index is -0.385. The lowest BCUT2D eigenvalue weighted by molar-refractivity contribution is 0.0398. The van der Waals surface area contributed by atoms with Gasteiger partial charge in [0.1, 0.15) is 0 Å². The monoisotopic (exact) mass is 308 g/mol. The number of nitrogens with zero attached hydrogens (tertiary/aromatic N) is 4. The van der Waals surface area contributed by atoms with Crippen LogP contribution in [0.3, 0.4) is 0 Å². The second-order valence-electron chi connectivity index (χ2n) is 5.37. The van der Waals surface area contributed by atoms with E-state index < -0.39 is 0 Å². The molecule has 1 fully saturated rings. The second-order valence-corrected chi connectivity index (χ2v) is 5.37. The third-order valence-electron chi connectivity index (χ3n) is 3.92. The number of aromatic amines is 1. The van der Waals surface area contributed by atoms with Gasteiger partial charge in [0.05, 0.1) is 13.2 Å². The van der Waals surface area contributed by atoms with Crippen molar-refractivity contribution in [1.82, 2.24) is 24.0 Å². The van der Waals surface area contributed by atoms with Crippen molar-refractivity contribution in [2.75, 3.05) is 44.7 Å². The van der Waals surface area contributed by atoms with Crippen LogP contribution < -0.4 is 16.6 Å². The number of nitrogens with one attached hydrogen (secondary N) is 2. The largest absolute Gasteiger partial charge is 0.379 e. The molecule has 2 aromatic rings. The van der Waals surface area contributed by atoms with E-state index in [2.05, 4.69) is 20.2 Å². The van der Waals surface area contributed by atoms with Gasteiger partial charge < -0.3 is 15.0 Å². The highest BCUT2D eigenvalue weighted by molar-refractivity contribution is 5.72. The van der Waals surface area contributed by atoms with E-state index >= 15 is 0 Å². The maximum Gasteiger partial charge on any atom is 0.332 e. The fraction of sp³-hybridized carbons (Fsp3) is 0.615. The van der Waals surface area contributed by atoms with Gasteiger partial charge in [0.15, 0.2) is 11.2 Å². The first-order valence-electron chi connectivity index (χ1n) is 7.27. The van der Waals surface area contributed by atoms with E-state index in [9.17, 15) is 9.59 Å². The van der Waals surface area contributed by atoms with E-state index in [-0.39, 0.29) is 11.2 Å². The van der Waals surface area contributed by atoms with Crippen molar-refractivity contribution >= 4 is 17.1 Å². The van der Waals surface area contributed by atoms with Crippen molar-refractivity contribution < 1.29 is 4.74 Å². The number of hydrogen-bond donors (Lipinski definition) is 2. The zero-order chi connectivity index (χ0) is 15.7. The summed E-state index contributed by atoms with van der Waals surface area (Å²) in [5.74, 6) is 0.501. The first-order chi connectivity index (χ1) is 10.6. The van der Waals surface area contributed by atoms with Crippen LogP contribution in [0.1, 0.15) is 0 Å². The molecule has 0 spiro atoms. The normalized spacial score (nSPS) is 16.3. The highest BCUT2D eigenvalue weighted by Gasteiger charge is 2.14. The summed E-state index contributed by atoms with van der Waals surface area (Å²) in [6.45, 7) is 4.96. The van der Waals surface area contributed by atoms with Crippen LogP contribution in [-0.4, -0.2) is 63.4 Å². The van der Waals surface area contributed by atoms with Gasteiger partial charge in [-0.25, -0.2) is 4.79 Å². The van der Waals surface area contributed by atoms with Gasteiger partial charge >= 0.3 is 5.69 Å². The average Bonchev–Trinajstić information content (AvgIpc) is 2.96. The molecule has 0 unspecified atom stereocenters. The second kappa shape index (κ2) is 5.93. The van der Waals surface area contributed by atoms with Crippen LogP contribution in [-0.2, 0) is 18.8 Å². The summed E-state index contributed by atoms with van der Waals surface area (Å²) in [5, 5.41) is 3.16. The molecule has 9 heteroatoms. The molecule has 1 aliphatic heterocycles. The predicted octanol–water partition coefficient (Wildman–Crippen LogP) is -1.30. The number of H-pyrrole nitrogens is 1. The fourth-order valence-electron chi connectivity index (χ4n) is 2.57. The number of imidazole rings is 1. The lowest BCUT2D eigenvalue weighted by Gasteiger charge is -2.26. The predicted molar refractivity (Wildman–Crippen MR) is 82.3 cm³/mol. The van der Waals surface area contributed by atoms with E-state index in [1.165, 1.54) is 11.6 Å². The smallest absolute Gasteiger partial charge is 0.332 e. The van der Waals surface area contributed by atoms with E-state index in [4.69, 9.17) is 4.74 Å². The van der Waals surface area contributed by atoms with Crippen molar-refractivity contribution in [3.63, 3.8) is 0 Å². The van der Waals surface area contributed by atoms with Crippen molar-refractivity contribution in [2.45, 2.75) is 0 Å². The number of rotatable bonds is 4. The molecule has 1 saturated heterocycles. The topological polar surface area (TPSA) is 97.2 Å². The molecule has 0 bridgehead atoms. The summed E-state index contributed by atoms with van der Waals surface area (Å²) in [7, 11) is 3.05. The Hall–Kier alpha value is -2.13. The zero-order valence-electron chi connectivity index (χ0n) is 12.8. The molecule has 2 N–H and O–H groups in total. The lowest BCUT2D eigenvalue weighted by Crippen LogP contribution is -2.39. The van der Waals surface area contributed by atoms with Crippen LogP contribution in [0.15, 0.2) is 9.59 Å². The minimum Gasteiger partial charge on any atom is -0.379 e. The van der Waals surface area contributed by atoms with Crippen molar-refractivity contribution in [1.29, 1.82) is 0 Å². The molecule has 0 atom stereocenters. The molecular weight excluding hydrogens is 288 g/mol. The lowest BCUT2D eigenvalue weighted by atomic mass is 10.4. The van der Waals surface area contributed by atoms with Gasteiger partial charge in [0, 0.05) is 40.3 Å². The van der Waals surface area contributed by atoms with Crippen molar-refractivity contribution in [3.8, 4) is 0 Å². The summed E-state index contributed by atoms with van der Waals surface area (Å²) in [4.78, 5) is 33.5. The molecule has 3 rings (SSSR count). The van der Waals surface area contributed by atoms with Crippen molar-refractivity contribution in [2.24, 2.45) is 14.1 Å². The third kappa shape index (κ3) is 2.64. The number of fused-ring (bicyclic) bond motifs is 1. The fourth-order valence-corrected chi connectivity index (χ4v) is 2.57. The van der Waals surface area contributed by atoms with E-state index in [0.717, 1.165) is 37.4 Å². The Labute approximate surface area is 126 Å². The molecule has 2 aromatic heterocycles. The highest BCUT2D eigenvalue weighted by atomic mass is 16.5. The number of aromatic nitrogens is 4. The molecule has 120 valence electrons. The van der Waals surface area contributed by atoms with Gasteiger partial charge in [0.25, 0.3) is 5.56 Å². The molecule has 0 radical (unpaired) electrons. The van der Waals surface area contributed by atoms with Gasteiger partial charge in [-0.15, -0.1) is 0 Å². The first kappa shape index (κ1) is 14.8. The third-order valence-corrected chi connectivity index (χ3v) is 3.92.